The fourth-order valence-electron chi connectivity index (χ4n) is 2.50. The van der Waals surface area contributed by atoms with Crippen molar-refractivity contribution in [1.82, 2.24) is 0 Å². The topological polar surface area (TPSA) is 40.6 Å². The summed E-state index contributed by atoms with van der Waals surface area (Å²) in [4.78, 5) is 28.0. The maximum Gasteiger partial charge on any atom is 0.335 e. The molecule has 1 saturated heterocycles. The van der Waals surface area contributed by atoms with Crippen LogP contribution in [0, 0.1) is 0 Å². The summed E-state index contributed by atoms with van der Waals surface area (Å²) in [6.45, 7) is 0.553. The summed E-state index contributed by atoms with van der Waals surface area (Å²) < 4.78 is 0. The molecular formula is C17H16N2O2. The highest BCUT2D eigenvalue weighted by Crippen LogP contribution is 2.24. The number of urea groups is 1. The Morgan fingerprint density at radius 1 is 0.762 bits per heavy atom. The van der Waals surface area contributed by atoms with Crippen LogP contribution in [0.4, 0.5) is 16.2 Å². The zero-order chi connectivity index (χ0) is 14.7. The molecule has 1 aliphatic rings. The average molecular weight is 280 g/mol. The van der Waals surface area contributed by atoms with E-state index in [2.05, 4.69) is 0 Å². The number of para-hydroxylation sites is 2. The van der Waals surface area contributed by atoms with Gasteiger partial charge in [-0.2, -0.15) is 0 Å². The second-order valence-corrected chi connectivity index (χ2v) is 4.94. The summed E-state index contributed by atoms with van der Waals surface area (Å²) in [5, 5.41) is 0. The fourth-order valence-corrected chi connectivity index (χ4v) is 2.50. The van der Waals surface area contributed by atoms with Crippen molar-refractivity contribution >= 4 is 23.3 Å². The largest absolute Gasteiger partial charge is 0.335 e. The lowest BCUT2D eigenvalue weighted by molar-refractivity contribution is -0.117. The van der Waals surface area contributed by atoms with E-state index in [1.807, 2.05) is 48.5 Å². The minimum Gasteiger partial charge on any atom is -0.294 e. The number of hydrogen-bond acceptors (Lipinski definition) is 2. The minimum absolute atomic E-state index is 0.148. The van der Waals surface area contributed by atoms with Gasteiger partial charge in [0.05, 0.1) is 5.69 Å². The number of imide groups is 1. The number of anilines is 2. The van der Waals surface area contributed by atoms with Crippen molar-refractivity contribution in [2.45, 2.75) is 12.8 Å². The van der Waals surface area contributed by atoms with Gasteiger partial charge in [0.15, 0.2) is 0 Å². The molecule has 1 aliphatic heterocycles. The Morgan fingerprint density at radius 3 is 1.95 bits per heavy atom. The van der Waals surface area contributed by atoms with Crippen LogP contribution in [0.15, 0.2) is 60.7 Å². The molecule has 1 heterocycles. The first kappa shape index (κ1) is 13.4. The van der Waals surface area contributed by atoms with Crippen LogP contribution in [-0.2, 0) is 4.79 Å². The van der Waals surface area contributed by atoms with Crippen molar-refractivity contribution in [1.29, 1.82) is 0 Å². The molecule has 0 bridgehead atoms. The van der Waals surface area contributed by atoms with Gasteiger partial charge in [0.25, 0.3) is 0 Å². The fraction of sp³-hybridized carbons (Fsp3) is 0.176. The van der Waals surface area contributed by atoms with Gasteiger partial charge in [-0.25, -0.2) is 9.69 Å². The summed E-state index contributed by atoms with van der Waals surface area (Å²) in [5.74, 6) is -0.148. The molecule has 4 nitrogen and oxygen atoms in total. The van der Waals surface area contributed by atoms with E-state index in [-0.39, 0.29) is 11.9 Å². The number of hydrogen-bond donors (Lipinski definition) is 0. The zero-order valence-corrected chi connectivity index (χ0v) is 11.6. The van der Waals surface area contributed by atoms with Gasteiger partial charge >= 0.3 is 6.03 Å². The van der Waals surface area contributed by atoms with Crippen molar-refractivity contribution in [3.63, 3.8) is 0 Å². The standard InChI is InChI=1S/C17H16N2O2/c20-16-12-7-13-18(14-8-3-1-4-9-14)17(21)19(16)15-10-5-2-6-11-15/h1-6,8-11H,7,12-13H2. The summed E-state index contributed by atoms with van der Waals surface area (Å²) in [6, 6.07) is 18.3. The number of amides is 3. The van der Waals surface area contributed by atoms with Crippen LogP contribution in [0.2, 0.25) is 0 Å². The zero-order valence-electron chi connectivity index (χ0n) is 11.6. The van der Waals surface area contributed by atoms with Crippen LogP contribution >= 0.6 is 0 Å². The Bertz CT molecular complexity index is 640. The molecule has 21 heavy (non-hydrogen) atoms. The number of carbonyl (C=O) groups excluding carboxylic acids is 2. The van der Waals surface area contributed by atoms with Crippen molar-refractivity contribution in [2.24, 2.45) is 0 Å². The smallest absolute Gasteiger partial charge is 0.294 e. The molecule has 0 aliphatic carbocycles. The van der Waals surface area contributed by atoms with Crippen LogP contribution in [0.1, 0.15) is 12.8 Å². The van der Waals surface area contributed by atoms with Crippen LogP contribution < -0.4 is 9.80 Å². The second-order valence-electron chi connectivity index (χ2n) is 4.94. The predicted octanol–water partition coefficient (Wildman–Crippen LogP) is 3.44. The normalized spacial score (nSPS) is 16.0. The molecular weight excluding hydrogens is 264 g/mol. The van der Waals surface area contributed by atoms with E-state index in [9.17, 15) is 9.59 Å². The number of rotatable bonds is 2. The third-order valence-electron chi connectivity index (χ3n) is 3.53. The molecule has 0 spiro atoms. The minimum atomic E-state index is -0.282. The van der Waals surface area contributed by atoms with E-state index in [1.54, 1.807) is 17.0 Å². The van der Waals surface area contributed by atoms with Gasteiger partial charge < -0.3 is 0 Å². The lowest BCUT2D eigenvalue weighted by Crippen LogP contribution is -2.44. The lowest BCUT2D eigenvalue weighted by atomic mass is 10.2. The van der Waals surface area contributed by atoms with Crippen LogP contribution in [0.5, 0.6) is 0 Å². The molecule has 2 aromatic carbocycles. The van der Waals surface area contributed by atoms with Crippen LogP contribution in [0.3, 0.4) is 0 Å². The molecule has 0 aromatic heterocycles. The Balaban J connectivity index is 1.99. The van der Waals surface area contributed by atoms with E-state index >= 15 is 0 Å². The van der Waals surface area contributed by atoms with Gasteiger partial charge in [-0.1, -0.05) is 36.4 Å². The SMILES string of the molecule is O=C1CCCN(c2ccccc2)C(=O)N1c1ccccc1. The summed E-state index contributed by atoms with van der Waals surface area (Å²) >= 11 is 0. The molecule has 2 aromatic rings. The predicted molar refractivity (Wildman–Crippen MR) is 82.3 cm³/mol. The van der Waals surface area contributed by atoms with Gasteiger partial charge in [-0.3, -0.25) is 9.69 Å². The van der Waals surface area contributed by atoms with E-state index in [1.165, 1.54) is 4.90 Å². The average Bonchev–Trinajstić information content (AvgIpc) is 2.67. The van der Waals surface area contributed by atoms with E-state index in [4.69, 9.17) is 0 Å². The highest BCUT2D eigenvalue weighted by molar-refractivity contribution is 6.19. The monoisotopic (exact) mass is 280 g/mol. The molecule has 0 unspecified atom stereocenters. The summed E-state index contributed by atoms with van der Waals surface area (Å²) in [5.41, 5.74) is 1.44. The van der Waals surface area contributed by atoms with Crippen molar-refractivity contribution in [2.75, 3.05) is 16.3 Å². The first-order valence-corrected chi connectivity index (χ1v) is 7.02. The molecule has 3 amide bonds. The van der Waals surface area contributed by atoms with Crippen LogP contribution in [-0.4, -0.2) is 18.5 Å². The number of nitrogens with zero attached hydrogens (tertiary/aromatic N) is 2. The van der Waals surface area contributed by atoms with Gasteiger partial charge in [0.1, 0.15) is 0 Å². The summed E-state index contributed by atoms with van der Waals surface area (Å²) in [7, 11) is 0. The molecule has 0 N–H and O–H groups in total. The number of carbonyl (C=O) groups is 2. The highest BCUT2D eigenvalue weighted by Gasteiger charge is 2.31. The van der Waals surface area contributed by atoms with E-state index < -0.39 is 0 Å². The van der Waals surface area contributed by atoms with Crippen molar-refractivity contribution in [3.8, 4) is 0 Å². The lowest BCUT2D eigenvalue weighted by Gasteiger charge is -2.26. The van der Waals surface area contributed by atoms with Gasteiger partial charge in [0, 0.05) is 18.7 Å². The third-order valence-corrected chi connectivity index (χ3v) is 3.53. The molecule has 0 atom stereocenters. The Hall–Kier alpha value is -2.62. The number of benzene rings is 2. The Kier molecular flexibility index (Phi) is 3.69. The molecule has 4 heteroatoms. The maximum absolute atomic E-state index is 12.8. The first-order valence-electron chi connectivity index (χ1n) is 7.02. The first-order chi connectivity index (χ1) is 10.3. The molecule has 3 rings (SSSR count). The van der Waals surface area contributed by atoms with Gasteiger partial charge in [-0.05, 0) is 30.7 Å². The van der Waals surface area contributed by atoms with E-state index in [0.29, 0.717) is 25.1 Å². The Morgan fingerprint density at radius 2 is 1.33 bits per heavy atom. The van der Waals surface area contributed by atoms with Crippen LogP contribution in [0.25, 0.3) is 0 Å². The van der Waals surface area contributed by atoms with Crippen molar-refractivity contribution in [3.05, 3.63) is 60.7 Å². The second kappa shape index (κ2) is 5.79. The molecule has 106 valence electrons. The Labute approximate surface area is 123 Å². The highest BCUT2D eigenvalue weighted by atomic mass is 16.2. The third kappa shape index (κ3) is 2.65. The van der Waals surface area contributed by atoms with Crippen molar-refractivity contribution < 1.29 is 9.59 Å². The summed E-state index contributed by atoms with van der Waals surface area (Å²) in [6.07, 6.45) is 1.05. The molecule has 0 saturated carbocycles. The quantitative estimate of drug-likeness (QED) is 0.845. The maximum atomic E-state index is 12.8. The van der Waals surface area contributed by atoms with Gasteiger partial charge in [0.2, 0.25) is 5.91 Å². The molecule has 1 fully saturated rings. The van der Waals surface area contributed by atoms with Gasteiger partial charge in [-0.15, -0.1) is 0 Å². The van der Waals surface area contributed by atoms with E-state index in [0.717, 1.165) is 5.69 Å². The molecule has 0 radical (unpaired) electrons.